The Kier molecular flexibility index (Phi) is 3.45. The van der Waals surface area contributed by atoms with E-state index in [0.29, 0.717) is 6.42 Å². The number of hydrogen-bond donors (Lipinski definition) is 2. The van der Waals surface area contributed by atoms with Crippen molar-refractivity contribution in [2.45, 2.75) is 6.42 Å². The van der Waals surface area contributed by atoms with Crippen LogP contribution in [-0.4, -0.2) is 18.0 Å². The number of methoxy groups -OCH3 is 1. The minimum absolute atomic E-state index is 0.0549. The van der Waals surface area contributed by atoms with Gasteiger partial charge in [0.25, 0.3) is 0 Å². The molecule has 0 aliphatic carbocycles. The van der Waals surface area contributed by atoms with Crippen LogP contribution in [0.15, 0.2) is 42.6 Å². The Labute approximate surface area is 99.6 Å². The van der Waals surface area contributed by atoms with E-state index in [9.17, 15) is 4.79 Å². The van der Waals surface area contributed by atoms with Gasteiger partial charge in [-0.1, -0.05) is 6.07 Å². The fourth-order valence-electron chi connectivity index (χ4n) is 1.56. The molecule has 4 nitrogen and oxygen atoms in total. The van der Waals surface area contributed by atoms with Crippen molar-refractivity contribution in [3.63, 3.8) is 0 Å². The number of ether oxygens (including phenoxy) is 1. The first-order valence-corrected chi connectivity index (χ1v) is 5.34. The summed E-state index contributed by atoms with van der Waals surface area (Å²) in [4.78, 5) is 14.7. The van der Waals surface area contributed by atoms with Gasteiger partial charge in [0, 0.05) is 23.6 Å². The maximum atomic E-state index is 11.7. The molecule has 2 N–H and O–H groups in total. The molecular formula is C13H14N2O2. The largest absolute Gasteiger partial charge is 0.497 e. The molecule has 0 saturated carbocycles. The van der Waals surface area contributed by atoms with Gasteiger partial charge in [0.15, 0.2) is 0 Å². The molecule has 1 heterocycles. The number of carbonyl (C=O) groups excluding carboxylic acids is 1. The molecule has 2 aromatic rings. The summed E-state index contributed by atoms with van der Waals surface area (Å²) >= 11 is 0. The van der Waals surface area contributed by atoms with Gasteiger partial charge in [-0.3, -0.25) is 4.79 Å². The van der Waals surface area contributed by atoms with Crippen LogP contribution >= 0.6 is 0 Å². The van der Waals surface area contributed by atoms with E-state index in [-0.39, 0.29) is 5.91 Å². The Bertz CT molecular complexity index is 492. The van der Waals surface area contributed by atoms with E-state index >= 15 is 0 Å². The molecule has 0 atom stereocenters. The fraction of sp³-hybridized carbons (Fsp3) is 0.154. The molecule has 17 heavy (non-hydrogen) atoms. The quantitative estimate of drug-likeness (QED) is 0.846. The van der Waals surface area contributed by atoms with E-state index < -0.39 is 0 Å². The van der Waals surface area contributed by atoms with Crippen LogP contribution in [-0.2, 0) is 11.2 Å². The molecule has 88 valence electrons. The molecule has 0 aliphatic rings. The number of aromatic nitrogens is 1. The van der Waals surface area contributed by atoms with Crippen molar-refractivity contribution in [1.82, 2.24) is 4.98 Å². The Balaban J connectivity index is 1.98. The molecule has 1 aromatic carbocycles. The van der Waals surface area contributed by atoms with Crippen molar-refractivity contribution < 1.29 is 9.53 Å². The number of benzene rings is 1. The number of anilines is 1. The Morgan fingerprint density at radius 2 is 2.24 bits per heavy atom. The highest BCUT2D eigenvalue weighted by Crippen LogP contribution is 2.16. The van der Waals surface area contributed by atoms with E-state index in [1.807, 2.05) is 30.3 Å². The Morgan fingerprint density at radius 1 is 1.35 bits per heavy atom. The SMILES string of the molecule is COc1cccc(NC(=O)Cc2ccc[nH]2)c1. The van der Waals surface area contributed by atoms with E-state index in [0.717, 1.165) is 17.1 Å². The molecule has 1 aromatic heterocycles. The van der Waals surface area contributed by atoms with E-state index in [1.165, 1.54) is 0 Å². The normalized spacial score (nSPS) is 9.94. The molecule has 0 saturated heterocycles. The lowest BCUT2D eigenvalue weighted by molar-refractivity contribution is -0.115. The van der Waals surface area contributed by atoms with Gasteiger partial charge in [-0.25, -0.2) is 0 Å². The maximum absolute atomic E-state index is 11.7. The van der Waals surface area contributed by atoms with Crippen LogP contribution in [0.4, 0.5) is 5.69 Å². The third-order valence-corrected chi connectivity index (χ3v) is 2.37. The van der Waals surface area contributed by atoms with Crippen molar-refractivity contribution in [2.24, 2.45) is 0 Å². The fourth-order valence-corrected chi connectivity index (χ4v) is 1.56. The van der Waals surface area contributed by atoms with Gasteiger partial charge in [-0.2, -0.15) is 0 Å². The second-order valence-electron chi connectivity index (χ2n) is 3.65. The number of rotatable bonds is 4. The summed E-state index contributed by atoms with van der Waals surface area (Å²) in [6, 6.07) is 11.0. The minimum atomic E-state index is -0.0549. The van der Waals surface area contributed by atoms with Crippen LogP contribution in [0.1, 0.15) is 5.69 Å². The topological polar surface area (TPSA) is 54.1 Å². The number of aromatic amines is 1. The van der Waals surface area contributed by atoms with Crippen LogP contribution in [0.5, 0.6) is 5.75 Å². The zero-order chi connectivity index (χ0) is 12.1. The van der Waals surface area contributed by atoms with Crippen molar-refractivity contribution in [1.29, 1.82) is 0 Å². The highest BCUT2D eigenvalue weighted by molar-refractivity contribution is 5.92. The van der Waals surface area contributed by atoms with Crippen LogP contribution in [0.25, 0.3) is 0 Å². The summed E-state index contributed by atoms with van der Waals surface area (Å²) in [5.74, 6) is 0.670. The third-order valence-electron chi connectivity index (χ3n) is 2.37. The molecule has 0 radical (unpaired) electrons. The molecule has 0 spiro atoms. The van der Waals surface area contributed by atoms with Gasteiger partial charge < -0.3 is 15.0 Å². The average Bonchev–Trinajstić information content (AvgIpc) is 2.82. The Morgan fingerprint density at radius 3 is 2.94 bits per heavy atom. The first kappa shape index (κ1) is 11.3. The zero-order valence-electron chi connectivity index (χ0n) is 9.57. The molecule has 1 amide bonds. The molecule has 0 unspecified atom stereocenters. The number of H-pyrrole nitrogens is 1. The lowest BCUT2D eigenvalue weighted by Gasteiger charge is -2.06. The number of amides is 1. The highest BCUT2D eigenvalue weighted by atomic mass is 16.5. The molecule has 0 fully saturated rings. The third kappa shape index (κ3) is 3.11. The molecule has 4 heteroatoms. The summed E-state index contributed by atoms with van der Waals surface area (Å²) in [5.41, 5.74) is 1.63. The zero-order valence-corrected chi connectivity index (χ0v) is 9.57. The van der Waals surface area contributed by atoms with Gasteiger partial charge >= 0.3 is 0 Å². The molecular weight excluding hydrogens is 216 g/mol. The van der Waals surface area contributed by atoms with Crippen molar-refractivity contribution in [2.75, 3.05) is 12.4 Å². The van der Waals surface area contributed by atoms with Crippen molar-refractivity contribution in [3.8, 4) is 5.75 Å². The summed E-state index contributed by atoms with van der Waals surface area (Å²) in [6.07, 6.45) is 2.14. The Hall–Kier alpha value is -2.23. The second-order valence-corrected chi connectivity index (χ2v) is 3.65. The van der Waals surface area contributed by atoms with E-state index in [4.69, 9.17) is 4.74 Å². The van der Waals surface area contributed by atoms with Crippen LogP contribution in [0.3, 0.4) is 0 Å². The van der Waals surface area contributed by atoms with Crippen LogP contribution < -0.4 is 10.1 Å². The van der Waals surface area contributed by atoms with Gasteiger partial charge in [0.1, 0.15) is 5.75 Å². The number of hydrogen-bond acceptors (Lipinski definition) is 2. The average molecular weight is 230 g/mol. The standard InChI is InChI=1S/C13H14N2O2/c1-17-12-6-2-4-11(8-12)15-13(16)9-10-5-3-7-14-10/h2-8,14H,9H2,1H3,(H,15,16). The monoisotopic (exact) mass is 230 g/mol. The van der Waals surface area contributed by atoms with Gasteiger partial charge in [-0.15, -0.1) is 0 Å². The maximum Gasteiger partial charge on any atom is 0.230 e. The predicted molar refractivity (Wildman–Crippen MR) is 66.1 cm³/mol. The second kappa shape index (κ2) is 5.21. The summed E-state index contributed by atoms with van der Waals surface area (Å²) in [7, 11) is 1.60. The highest BCUT2D eigenvalue weighted by Gasteiger charge is 2.04. The summed E-state index contributed by atoms with van der Waals surface area (Å²) < 4.78 is 5.08. The van der Waals surface area contributed by atoms with Crippen molar-refractivity contribution >= 4 is 11.6 Å². The number of nitrogens with one attached hydrogen (secondary N) is 2. The molecule has 0 aliphatic heterocycles. The van der Waals surface area contributed by atoms with Crippen LogP contribution in [0.2, 0.25) is 0 Å². The predicted octanol–water partition coefficient (Wildman–Crippen LogP) is 2.20. The first-order chi connectivity index (χ1) is 8.28. The van der Waals surface area contributed by atoms with E-state index in [1.54, 1.807) is 19.4 Å². The lowest BCUT2D eigenvalue weighted by Crippen LogP contribution is -2.14. The smallest absolute Gasteiger partial charge is 0.230 e. The molecule has 0 bridgehead atoms. The number of carbonyl (C=O) groups is 1. The molecule has 2 rings (SSSR count). The van der Waals surface area contributed by atoms with Gasteiger partial charge in [0.2, 0.25) is 5.91 Å². The van der Waals surface area contributed by atoms with Crippen LogP contribution in [0, 0.1) is 0 Å². The van der Waals surface area contributed by atoms with Gasteiger partial charge in [0.05, 0.1) is 13.5 Å². The summed E-state index contributed by atoms with van der Waals surface area (Å²) in [6.45, 7) is 0. The first-order valence-electron chi connectivity index (χ1n) is 5.34. The van der Waals surface area contributed by atoms with Gasteiger partial charge in [-0.05, 0) is 24.3 Å². The summed E-state index contributed by atoms with van der Waals surface area (Å²) in [5, 5.41) is 2.82. The van der Waals surface area contributed by atoms with Crippen molar-refractivity contribution in [3.05, 3.63) is 48.3 Å². The lowest BCUT2D eigenvalue weighted by atomic mass is 10.2. The van der Waals surface area contributed by atoms with E-state index in [2.05, 4.69) is 10.3 Å². The minimum Gasteiger partial charge on any atom is -0.497 e.